The highest BCUT2D eigenvalue weighted by Crippen LogP contribution is 2.72. The molecule has 6 heteroatoms. The van der Waals surface area contributed by atoms with E-state index in [1.54, 1.807) is 5.57 Å². The van der Waals surface area contributed by atoms with Crippen molar-refractivity contribution in [3.63, 3.8) is 0 Å². The van der Waals surface area contributed by atoms with Gasteiger partial charge in [-0.15, -0.1) is 0 Å². The summed E-state index contributed by atoms with van der Waals surface area (Å²) in [6.45, 7) is 16.5. The van der Waals surface area contributed by atoms with E-state index in [0.29, 0.717) is 76.7 Å². The molecule has 49 heavy (non-hydrogen) atoms. The molecule has 0 aliphatic heterocycles. The number of aliphatic carboxylic acids is 1. The number of nitrogens with one attached hydrogen (secondary N) is 1. The number of allylic oxidation sites excluding steroid dienone is 2. The maximum absolute atomic E-state index is 13.8. The largest absolute Gasteiger partial charge is 0.481 e. The lowest BCUT2D eigenvalue weighted by atomic mass is 9.37. The Morgan fingerprint density at radius 2 is 1.57 bits per heavy atom. The van der Waals surface area contributed by atoms with Crippen LogP contribution in [0.3, 0.4) is 0 Å². The van der Waals surface area contributed by atoms with Gasteiger partial charge in [-0.1, -0.05) is 53.5 Å². The Labute approximate surface area is 298 Å². The van der Waals surface area contributed by atoms with Crippen LogP contribution in [0.4, 0.5) is 0 Å². The van der Waals surface area contributed by atoms with Gasteiger partial charge in [-0.25, -0.2) is 0 Å². The summed E-state index contributed by atoms with van der Waals surface area (Å²) in [5.41, 5.74) is 8.10. The Bertz CT molecular complexity index is 1300. The number of Topliss-reactive ketones (excluding diaryl/α,β-unsaturated/α-hetero) is 2. The molecular formula is C43H70N2O4. The van der Waals surface area contributed by atoms with E-state index in [4.69, 9.17) is 0 Å². The molecule has 6 fully saturated rings. The fraction of sp³-hybridized carbons (Fsp3) is 0.884. The highest BCUT2D eigenvalue weighted by molar-refractivity contribution is 6.00. The molecule has 7 aliphatic rings. The highest BCUT2D eigenvalue weighted by atomic mass is 16.4. The number of carboxylic acids is 1. The van der Waals surface area contributed by atoms with Crippen molar-refractivity contribution in [2.75, 3.05) is 20.1 Å². The predicted molar refractivity (Wildman–Crippen MR) is 197 cm³/mol. The zero-order chi connectivity index (χ0) is 35.5. The number of hydrogen-bond donors (Lipinski definition) is 3. The molecular weight excluding hydrogens is 608 g/mol. The molecule has 0 radical (unpaired) electrons. The lowest BCUT2D eigenvalue weighted by Gasteiger charge is -2.67. The second-order valence-electron chi connectivity index (χ2n) is 19.1. The van der Waals surface area contributed by atoms with Crippen LogP contribution in [-0.2, 0) is 14.4 Å². The van der Waals surface area contributed by atoms with Crippen molar-refractivity contribution in [1.82, 2.24) is 5.32 Å². The molecule has 4 N–H and O–H groups in total. The number of carbonyl (C=O) groups excluding carboxylic acids is 2. The van der Waals surface area contributed by atoms with Crippen LogP contribution in [0, 0.1) is 81.3 Å². The Balaban J connectivity index is 0.00000205. The van der Waals surface area contributed by atoms with Gasteiger partial charge in [0.2, 0.25) is 0 Å². The maximum Gasteiger partial charge on any atom is 0.306 e. The zero-order valence-electron chi connectivity index (χ0n) is 32.1. The summed E-state index contributed by atoms with van der Waals surface area (Å²) in [5.74, 6) is 4.46. The van der Waals surface area contributed by atoms with Crippen LogP contribution in [0.25, 0.3) is 0 Å². The summed E-state index contributed by atoms with van der Waals surface area (Å²) < 4.78 is 0. The highest BCUT2D eigenvalue weighted by Gasteiger charge is 2.64. The van der Waals surface area contributed by atoms with Gasteiger partial charge in [0.05, 0.1) is 5.92 Å². The molecule has 7 rings (SSSR count). The number of carbonyl (C=O) groups is 3. The number of fused-ring (bicyclic) bond motifs is 7. The number of nitrogens with two attached hydrogens (primary N) is 1. The number of carboxylic acid groups (broad SMARTS) is 1. The summed E-state index contributed by atoms with van der Waals surface area (Å²) in [6.07, 6.45) is 17.2. The summed E-state index contributed by atoms with van der Waals surface area (Å²) in [5, 5.41) is 13.3. The van der Waals surface area contributed by atoms with Gasteiger partial charge in [-0.2, -0.15) is 0 Å². The van der Waals surface area contributed by atoms with Gasteiger partial charge < -0.3 is 16.2 Å². The van der Waals surface area contributed by atoms with Gasteiger partial charge in [0.25, 0.3) is 0 Å². The van der Waals surface area contributed by atoms with Crippen LogP contribution in [0.2, 0.25) is 0 Å². The molecule has 6 saturated carbocycles. The lowest BCUT2D eigenvalue weighted by Crippen LogP contribution is -2.60. The molecule has 276 valence electrons. The molecule has 0 aromatic carbocycles. The number of hydrogen-bond acceptors (Lipinski definition) is 5. The smallest absolute Gasteiger partial charge is 0.306 e. The second kappa shape index (κ2) is 14.1. The third-order valence-electron chi connectivity index (χ3n) is 16.9. The zero-order valence-corrected chi connectivity index (χ0v) is 32.1. The topological polar surface area (TPSA) is 109 Å². The Hall–Kier alpha value is -1.53. The summed E-state index contributed by atoms with van der Waals surface area (Å²) in [7, 11) is 1.50. The number of rotatable bonds is 10. The van der Waals surface area contributed by atoms with Gasteiger partial charge in [-0.3, -0.25) is 14.4 Å². The van der Waals surface area contributed by atoms with E-state index in [2.05, 4.69) is 45.7 Å². The minimum atomic E-state index is -0.737. The van der Waals surface area contributed by atoms with Crippen molar-refractivity contribution in [1.29, 1.82) is 0 Å². The van der Waals surface area contributed by atoms with Crippen LogP contribution in [-0.4, -0.2) is 42.8 Å². The first kappa shape index (κ1) is 37.2. The van der Waals surface area contributed by atoms with Gasteiger partial charge in [0.1, 0.15) is 5.78 Å². The van der Waals surface area contributed by atoms with Gasteiger partial charge >= 0.3 is 5.97 Å². The fourth-order valence-electron chi connectivity index (χ4n) is 14.0. The molecule has 0 aromatic heterocycles. The molecule has 0 aromatic rings. The van der Waals surface area contributed by atoms with Crippen molar-refractivity contribution >= 4 is 17.5 Å². The molecule has 0 bridgehead atoms. The van der Waals surface area contributed by atoms with Gasteiger partial charge in [0, 0.05) is 24.2 Å². The Morgan fingerprint density at radius 3 is 2.20 bits per heavy atom. The fourth-order valence-corrected chi connectivity index (χ4v) is 14.0. The molecule has 0 heterocycles. The van der Waals surface area contributed by atoms with E-state index in [9.17, 15) is 19.5 Å². The first-order chi connectivity index (χ1) is 23.3. The first-order valence-electron chi connectivity index (χ1n) is 20.6. The normalized spacial score (nSPS) is 44.4. The van der Waals surface area contributed by atoms with Crippen LogP contribution in [0.15, 0.2) is 11.1 Å². The van der Waals surface area contributed by atoms with Crippen LogP contribution in [0.1, 0.15) is 138 Å². The van der Waals surface area contributed by atoms with Gasteiger partial charge in [-0.05, 0) is 167 Å². The molecule has 12 atom stereocenters. The molecule has 7 aliphatic carbocycles. The minimum Gasteiger partial charge on any atom is -0.481 e. The quantitative estimate of drug-likeness (QED) is 0.200. The van der Waals surface area contributed by atoms with Crippen LogP contribution in [0.5, 0.6) is 0 Å². The van der Waals surface area contributed by atoms with E-state index in [1.807, 2.05) is 6.92 Å². The lowest BCUT2D eigenvalue weighted by molar-refractivity contribution is -0.172. The van der Waals surface area contributed by atoms with Crippen LogP contribution >= 0.6 is 0 Å². The minimum absolute atomic E-state index is 0.0194. The van der Waals surface area contributed by atoms with E-state index < -0.39 is 5.97 Å². The second-order valence-corrected chi connectivity index (χ2v) is 19.1. The number of ketones is 2. The van der Waals surface area contributed by atoms with Crippen molar-refractivity contribution in [2.45, 2.75) is 138 Å². The molecule has 0 saturated heterocycles. The molecule has 12 unspecified atom stereocenters. The molecule has 0 spiro atoms. The van der Waals surface area contributed by atoms with Crippen molar-refractivity contribution < 1.29 is 19.5 Å². The first-order valence-corrected chi connectivity index (χ1v) is 20.6. The SMILES string of the molecule is CC(C)C1=C2C3CCC4C(C)(CCC5C(C)C(CC(=O)C6CC(C(=O)O)C6C)CCC54C)C3CCC2(CCNCC2CCC2)CC1=O.CN. The predicted octanol–water partition coefficient (Wildman–Crippen LogP) is 8.47. The average Bonchev–Trinajstić information content (AvgIpc) is 3.33. The van der Waals surface area contributed by atoms with Crippen LogP contribution < -0.4 is 11.1 Å². The van der Waals surface area contributed by atoms with E-state index >= 15 is 0 Å². The maximum atomic E-state index is 13.8. The summed E-state index contributed by atoms with van der Waals surface area (Å²) in [4.78, 5) is 38.7. The summed E-state index contributed by atoms with van der Waals surface area (Å²) >= 11 is 0. The summed E-state index contributed by atoms with van der Waals surface area (Å²) in [6, 6.07) is 0. The average molecular weight is 679 g/mol. The standard InChI is InChI=1S/C42H65NO4.CH5N/c1-24(2)37-35(45)22-42(18-19-43-23-27-8-7-9-27)17-14-33-29(38(37)42)10-11-36-40(5)15-12-28(25(3)32(40)13-16-41(33,36)6)20-34(44)30-21-31(26(30)4)39(46)47;1-2/h24-33,36,43H,7-23H2,1-6H3,(H,46,47);2H2,1H3. The Morgan fingerprint density at radius 1 is 0.898 bits per heavy atom. The third-order valence-corrected chi connectivity index (χ3v) is 16.9. The van der Waals surface area contributed by atoms with E-state index in [-0.39, 0.29) is 23.2 Å². The Kier molecular flexibility index (Phi) is 10.7. The monoisotopic (exact) mass is 679 g/mol. The molecule has 6 nitrogen and oxygen atoms in total. The van der Waals surface area contributed by atoms with Gasteiger partial charge in [0.15, 0.2) is 5.78 Å². The third kappa shape index (κ3) is 6.13. The van der Waals surface area contributed by atoms with Crippen molar-refractivity contribution in [3.05, 3.63) is 11.1 Å². The van der Waals surface area contributed by atoms with Crippen molar-refractivity contribution in [3.8, 4) is 0 Å². The molecule has 0 amide bonds. The van der Waals surface area contributed by atoms with E-state index in [1.165, 1.54) is 76.8 Å². The van der Waals surface area contributed by atoms with E-state index in [0.717, 1.165) is 38.3 Å². The van der Waals surface area contributed by atoms with Crippen molar-refractivity contribution in [2.24, 2.45) is 87.1 Å².